The highest BCUT2D eigenvalue weighted by molar-refractivity contribution is 7.13. The zero-order chi connectivity index (χ0) is 20.5. The van der Waals surface area contributed by atoms with Crippen LogP contribution in [-0.2, 0) is 11.3 Å². The lowest BCUT2D eigenvalue weighted by Gasteiger charge is -2.26. The zero-order valence-electron chi connectivity index (χ0n) is 14.8. The summed E-state index contributed by atoms with van der Waals surface area (Å²) in [6, 6.07) is 5.66. The van der Waals surface area contributed by atoms with Crippen molar-refractivity contribution in [3.05, 3.63) is 70.7 Å². The quantitative estimate of drug-likeness (QED) is 0.532. The van der Waals surface area contributed by atoms with Crippen molar-refractivity contribution >= 4 is 40.9 Å². The first-order valence-electron chi connectivity index (χ1n) is 8.56. The van der Waals surface area contributed by atoms with Crippen molar-refractivity contribution in [1.29, 1.82) is 0 Å². The lowest BCUT2D eigenvalue weighted by molar-refractivity contribution is -0.120. The van der Waals surface area contributed by atoms with E-state index in [9.17, 15) is 24.0 Å². The van der Waals surface area contributed by atoms with Gasteiger partial charge in [-0.2, -0.15) is 0 Å². The number of benzene rings is 1. The number of rotatable bonds is 5. The minimum Gasteiger partial charge on any atom is -0.423 e. The van der Waals surface area contributed by atoms with Crippen LogP contribution in [0.2, 0.25) is 0 Å². The van der Waals surface area contributed by atoms with E-state index in [0.717, 1.165) is 0 Å². The number of halogens is 1. The van der Waals surface area contributed by atoms with Crippen LogP contribution in [0.3, 0.4) is 0 Å². The molecule has 2 amide bonds. The maximum Gasteiger partial charge on any atom is 0.490 e. The normalized spacial score (nSPS) is 13.9. The molecule has 1 aliphatic heterocycles. The van der Waals surface area contributed by atoms with E-state index in [4.69, 9.17) is 0 Å². The third kappa shape index (κ3) is 3.75. The van der Waals surface area contributed by atoms with Gasteiger partial charge in [0, 0.05) is 23.2 Å². The highest BCUT2D eigenvalue weighted by Crippen LogP contribution is 2.31. The fourth-order valence-corrected chi connectivity index (χ4v) is 3.70. The molecule has 4 rings (SSSR count). The number of nitrogens with zero attached hydrogens (tertiary/aromatic N) is 3. The summed E-state index contributed by atoms with van der Waals surface area (Å²) >= 11 is 1.21. The van der Waals surface area contributed by atoms with Crippen LogP contribution in [0.4, 0.5) is 9.52 Å². The summed E-state index contributed by atoms with van der Waals surface area (Å²) in [4.78, 5) is 35.4. The molecule has 0 radical (unpaired) electrons. The molecule has 3 N–H and O–H groups in total. The van der Waals surface area contributed by atoms with E-state index in [0.29, 0.717) is 16.4 Å². The first-order chi connectivity index (χ1) is 13.9. The molecule has 0 spiro atoms. The molecular formula is C18H14BFN4O4S. The fourth-order valence-electron chi connectivity index (χ4n) is 3.17. The van der Waals surface area contributed by atoms with E-state index < -0.39 is 30.8 Å². The second kappa shape index (κ2) is 7.70. The second-order valence-corrected chi connectivity index (χ2v) is 7.25. The number of hydrogen-bond donors (Lipinski definition) is 3. The van der Waals surface area contributed by atoms with Crippen LogP contribution in [0.5, 0.6) is 0 Å². The monoisotopic (exact) mass is 412 g/mol. The van der Waals surface area contributed by atoms with Crippen LogP contribution >= 0.6 is 11.3 Å². The molecule has 2 aromatic heterocycles. The summed E-state index contributed by atoms with van der Waals surface area (Å²) in [5.41, 5.74) is 0.915. The van der Waals surface area contributed by atoms with Crippen molar-refractivity contribution in [2.45, 2.75) is 12.6 Å². The molecule has 3 aromatic rings. The van der Waals surface area contributed by atoms with Crippen LogP contribution < -0.4 is 10.8 Å². The molecule has 1 aliphatic rings. The van der Waals surface area contributed by atoms with Crippen LogP contribution in [0.15, 0.2) is 48.1 Å². The van der Waals surface area contributed by atoms with Gasteiger partial charge in [-0.15, -0.1) is 11.3 Å². The SMILES string of the molecule is O=C(Nc1nccs1)C(c1cccc(F)c1)N1Cc2ncc(B(O)O)cc2C1=O. The number of aromatic nitrogens is 2. The Morgan fingerprint density at radius 3 is 2.83 bits per heavy atom. The van der Waals surface area contributed by atoms with E-state index in [-0.39, 0.29) is 17.6 Å². The first-order valence-corrected chi connectivity index (χ1v) is 9.44. The number of thiazole rings is 1. The summed E-state index contributed by atoms with van der Waals surface area (Å²) in [7, 11) is -1.78. The van der Waals surface area contributed by atoms with Gasteiger partial charge in [0.1, 0.15) is 11.9 Å². The predicted octanol–water partition coefficient (Wildman–Crippen LogP) is 0.693. The summed E-state index contributed by atoms with van der Waals surface area (Å²) in [5, 5.41) is 23.4. The minimum atomic E-state index is -1.78. The molecule has 11 heteroatoms. The second-order valence-electron chi connectivity index (χ2n) is 6.35. The van der Waals surface area contributed by atoms with E-state index in [1.807, 2.05) is 0 Å². The minimum absolute atomic E-state index is 0.0163. The Morgan fingerprint density at radius 1 is 1.31 bits per heavy atom. The van der Waals surface area contributed by atoms with E-state index in [1.165, 1.54) is 52.9 Å². The van der Waals surface area contributed by atoms with Crippen molar-refractivity contribution in [2.75, 3.05) is 5.32 Å². The van der Waals surface area contributed by atoms with E-state index in [2.05, 4.69) is 15.3 Å². The molecule has 146 valence electrons. The Morgan fingerprint density at radius 2 is 2.14 bits per heavy atom. The lowest BCUT2D eigenvalue weighted by atomic mass is 9.81. The number of pyridine rings is 1. The van der Waals surface area contributed by atoms with Gasteiger partial charge in [0.2, 0.25) is 0 Å². The van der Waals surface area contributed by atoms with Gasteiger partial charge in [-0.1, -0.05) is 12.1 Å². The van der Waals surface area contributed by atoms with Gasteiger partial charge >= 0.3 is 7.12 Å². The van der Waals surface area contributed by atoms with Gasteiger partial charge in [0.15, 0.2) is 5.13 Å². The molecule has 0 bridgehead atoms. The average Bonchev–Trinajstić information content (AvgIpc) is 3.30. The highest BCUT2D eigenvalue weighted by Gasteiger charge is 2.39. The molecule has 8 nitrogen and oxygen atoms in total. The standard InChI is InChI=1S/C18H14BFN4O4S/c20-12-3-1-2-10(6-12)15(16(25)23-18-21-4-5-29-18)24-9-14-13(17(24)26)7-11(8-22-14)19(27)28/h1-8,15,27-28H,9H2,(H,21,23,25). The summed E-state index contributed by atoms with van der Waals surface area (Å²) in [6.07, 6.45) is 2.78. The summed E-state index contributed by atoms with van der Waals surface area (Å²) in [6.45, 7) is 0.0163. The molecule has 29 heavy (non-hydrogen) atoms. The van der Waals surface area contributed by atoms with Gasteiger partial charge in [0.25, 0.3) is 11.8 Å². The molecule has 0 fully saturated rings. The number of amides is 2. The number of carbonyl (C=O) groups excluding carboxylic acids is 2. The Bertz CT molecular complexity index is 1080. The Hall–Kier alpha value is -3.15. The third-order valence-electron chi connectivity index (χ3n) is 4.49. The Kier molecular flexibility index (Phi) is 5.09. The molecule has 0 aliphatic carbocycles. The topological polar surface area (TPSA) is 116 Å². The number of anilines is 1. The molecular weight excluding hydrogens is 398 g/mol. The maximum atomic E-state index is 13.8. The van der Waals surface area contributed by atoms with Gasteiger partial charge in [0.05, 0.1) is 17.8 Å². The number of carbonyl (C=O) groups is 2. The number of hydrogen-bond acceptors (Lipinski definition) is 7. The molecule has 0 saturated heterocycles. The van der Waals surface area contributed by atoms with Crippen molar-refractivity contribution in [2.24, 2.45) is 0 Å². The van der Waals surface area contributed by atoms with Crippen molar-refractivity contribution < 1.29 is 24.0 Å². The van der Waals surface area contributed by atoms with Crippen LogP contribution in [-0.4, -0.2) is 43.8 Å². The van der Waals surface area contributed by atoms with Gasteiger partial charge in [-0.3, -0.25) is 19.9 Å². The third-order valence-corrected chi connectivity index (χ3v) is 5.18. The lowest BCUT2D eigenvalue weighted by Crippen LogP contribution is -2.37. The van der Waals surface area contributed by atoms with Crippen molar-refractivity contribution in [3.8, 4) is 0 Å². The van der Waals surface area contributed by atoms with Crippen LogP contribution in [0.25, 0.3) is 0 Å². The van der Waals surface area contributed by atoms with E-state index >= 15 is 0 Å². The van der Waals surface area contributed by atoms with Gasteiger partial charge < -0.3 is 14.9 Å². The Labute approximate surface area is 168 Å². The largest absolute Gasteiger partial charge is 0.490 e. The maximum absolute atomic E-state index is 13.8. The molecule has 1 aromatic carbocycles. The average molecular weight is 412 g/mol. The van der Waals surface area contributed by atoms with Crippen molar-refractivity contribution in [3.63, 3.8) is 0 Å². The molecule has 3 heterocycles. The number of nitrogens with one attached hydrogen (secondary N) is 1. The molecule has 1 atom stereocenters. The summed E-state index contributed by atoms with van der Waals surface area (Å²) < 4.78 is 13.8. The Balaban J connectivity index is 1.71. The van der Waals surface area contributed by atoms with Crippen LogP contribution in [0.1, 0.15) is 27.7 Å². The first kappa shape index (κ1) is 19.2. The predicted molar refractivity (Wildman–Crippen MR) is 104 cm³/mol. The van der Waals surface area contributed by atoms with Crippen molar-refractivity contribution in [1.82, 2.24) is 14.9 Å². The zero-order valence-corrected chi connectivity index (χ0v) is 15.6. The van der Waals surface area contributed by atoms with E-state index in [1.54, 1.807) is 11.4 Å². The van der Waals surface area contributed by atoms with Gasteiger partial charge in [-0.05, 0) is 23.8 Å². The molecule has 0 saturated carbocycles. The van der Waals surface area contributed by atoms with Gasteiger partial charge in [-0.25, -0.2) is 9.37 Å². The smallest absolute Gasteiger partial charge is 0.423 e. The molecule has 1 unspecified atom stereocenters. The summed E-state index contributed by atoms with van der Waals surface area (Å²) in [5.74, 6) is -1.60. The highest BCUT2D eigenvalue weighted by atomic mass is 32.1. The fraction of sp³-hybridized carbons (Fsp3) is 0.111. The van der Waals surface area contributed by atoms with Crippen LogP contribution in [0, 0.1) is 5.82 Å². The number of fused-ring (bicyclic) bond motifs is 1.